The lowest BCUT2D eigenvalue weighted by Gasteiger charge is -2.25. The molecular weight excluding hydrogens is 194 g/mol. The van der Waals surface area contributed by atoms with Crippen LogP contribution < -0.4 is 4.90 Å². The Morgan fingerprint density at radius 1 is 1.40 bits per heavy atom. The van der Waals surface area contributed by atoms with Crippen molar-refractivity contribution in [3.8, 4) is 5.75 Å². The number of phenols is 1. The van der Waals surface area contributed by atoms with Crippen molar-refractivity contribution in [3.05, 3.63) is 24.3 Å². The summed E-state index contributed by atoms with van der Waals surface area (Å²) >= 11 is 0. The minimum atomic E-state index is -0.812. The lowest BCUT2D eigenvalue weighted by Crippen LogP contribution is -2.30. The fraction of sp³-hybridized carbons (Fsp3) is 0.364. The number of hydrogen-bond acceptors (Lipinski definition) is 3. The van der Waals surface area contributed by atoms with Gasteiger partial charge in [0, 0.05) is 18.8 Å². The number of benzene rings is 1. The largest absolute Gasteiger partial charge is 0.508 e. The number of carboxylic acids is 1. The van der Waals surface area contributed by atoms with Crippen LogP contribution in [0.1, 0.15) is 13.3 Å². The molecule has 0 spiro atoms. The van der Waals surface area contributed by atoms with Crippen LogP contribution in [0.3, 0.4) is 0 Å². The second-order valence-corrected chi connectivity index (χ2v) is 3.57. The first-order chi connectivity index (χ1) is 7.00. The molecule has 0 saturated heterocycles. The van der Waals surface area contributed by atoms with Crippen LogP contribution in [0.4, 0.5) is 5.69 Å². The summed E-state index contributed by atoms with van der Waals surface area (Å²) in [6, 6.07) is 6.60. The van der Waals surface area contributed by atoms with Crippen LogP contribution in [0.25, 0.3) is 0 Å². The Labute approximate surface area is 88.8 Å². The fourth-order valence-electron chi connectivity index (χ4n) is 1.33. The zero-order chi connectivity index (χ0) is 11.4. The topological polar surface area (TPSA) is 60.8 Å². The van der Waals surface area contributed by atoms with E-state index in [1.54, 1.807) is 24.3 Å². The Morgan fingerprint density at radius 2 is 1.93 bits per heavy atom. The minimum Gasteiger partial charge on any atom is -0.508 e. The van der Waals surface area contributed by atoms with Crippen molar-refractivity contribution in [1.29, 1.82) is 0 Å². The molecular formula is C11H15NO3. The quantitative estimate of drug-likeness (QED) is 0.792. The summed E-state index contributed by atoms with van der Waals surface area (Å²) in [5, 5.41) is 17.8. The van der Waals surface area contributed by atoms with Gasteiger partial charge in [0.15, 0.2) is 0 Å². The highest BCUT2D eigenvalue weighted by atomic mass is 16.4. The van der Waals surface area contributed by atoms with E-state index in [2.05, 4.69) is 0 Å². The maximum atomic E-state index is 10.5. The van der Waals surface area contributed by atoms with Crippen LogP contribution in [0, 0.1) is 0 Å². The molecule has 1 unspecified atom stereocenters. The molecule has 1 aromatic carbocycles. The van der Waals surface area contributed by atoms with E-state index in [4.69, 9.17) is 10.2 Å². The van der Waals surface area contributed by atoms with Crippen LogP contribution >= 0.6 is 0 Å². The van der Waals surface area contributed by atoms with Gasteiger partial charge in [-0.2, -0.15) is 0 Å². The van der Waals surface area contributed by atoms with Crippen molar-refractivity contribution in [2.45, 2.75) is 19.4 Å². The van der Waals surface area contributed by atoms with E-state index in [0.29, 0.717) is 0 Å². The molecule has 0 amide bonds. The maximum absolute atomic E-state index is 10.5. The van der Waals surface area contributed by atoms with E-state index >= 15 is 0 Å². The van der Waals surface area contributed by atoms with Gasteiger partial charge in [-0.3, -0.25) is 4.79 Å². The summed E-state index contributed by atoms with van der Waals surface area (Å²) in [6.45, 7) is 1.85. The van der Waals surface area contributed by atoms with Crippen molar-refractivity contribution < 1.29 is 15.0 Å². The molecule has 0 aliphatic heterocycles. The summed E-state index contributed by atoms with van der Waals surface area (Å²) in [6.07, 6.45) is 0.0946. The molecule has 2 N–H and O–H groups in total. The van der Waals surface area contributed by atoms with E-state index in [0.717, 1.165) is 5.69 Å². The highest BCUT2D eigenvalue weighted by Crippen LogP contribution is 2.19. The van der Waals surface area contributed by atoms with Crippen molar-refractivity contribution in [3.63, 3.8) is 0 Å². The molecule has 4 nitrogen and oxygen atoms in total. The van der Waals surface area contributed by atoms with E-state index < -0.39 is 5.97 Å². The van der Waals surface area contributed by atoms with Crippen LogP contribution in [0.5, 0.6) is 5.75 Å². The monoisotopic (exact) mass is 209 g/mol. The molecule has 0 bridgehead atoms. The van der Waals surface area contributed by atoms with Crippen molar-refractivity contribution >= 4 is 11.7 Å². The number of hydrogen-bond donors (Lipinski definition) is 2. The van der Waals surface area contributed by atoms with Crippen molar-refractivity contribution in [2.24, 2.45) is 0 Å². The first-order valence-electron chi connectivity index (χ1n) is 4.74. The summed E-state index contributed by atoms with van der Waals surface area (Å²) in [5.74, 6) is -0.605. The van der Waals surface area contributed by atoms with Gasteiger partial charge in [0.1, 0.15) is 5.75 Å². The Hall–Kier alpha value is -1.71. The van der Waals surface area contributed by atoms with Gasteiger partial charge in [0.05, 0.1) is 6.42 Å². The summed E-state index contributed by atoms with van der Waals surface area (Å²) in [5.41, 5.74) is 0.890. The number of rotatable bonds is 4. The van der Waals surface area contributed by atoms with Gasteiger partial charge in [-0.25, -0.2) is 0 Å². The molecule has 15 heavy (non-hydrogen) atoms. The van der Waals surface area contributed by atoms with E-state index in [-0.39, 0.29) is 18.2 Å². The van der Waals surface area contributed by atoms with Crippen LogP contribution in [-0.2, 0) is 4.79 Å². The van der Waals surface area contributed by atoms with Gasteiger partial charge in [-0.15, -0.1) is 0 Å². The molecule has 1 rings (SSSR count). The third-order valence-electron chi connectivity index (χ3n) is 2.39. The second kappa shape index (κ2) is 4.68. The zero-order valence-corrected chi connectivity index (χ0v) is 8.84. The first-order valence-corrected chi connectivity index (χ1v) is 4.74. The highest BCUT2D eigenvalue weighted by Gasteiger charge is 2.13. The molecule has 4 heteroatoms. The average molecular weight is 209 g/mol. The molecule has 0 aromatic heterocycles. The zero-order valence-electron chi connectivity index (χ0n) is 8.84. The number of anilines is 1. The molecule has 82 valence electrons. The number of nitrogens with zero attached hydrogens (tertiary/aromatic N) is 1. The molecule has 0 saturated carbocycles. The Kier molecular flexibility index (Phi) is 3.55. The van der Waals surface area contributed by atoms with Crippen molar-refractivity contribution in [2.75, 3.05) is 11.9 Å². The highest BCUT2D eigenvalue weighted by molar-refractivity contribution is 5.68. The Morgan fingerprint density at radius 3 is 2.40 bits per heavy atom. The first kappa shape index (κ1) is 11.4. The standard InChI is InChI=1S/C11H15NO3/c1-8(7-11(14)15)12(2)9-3-5-10(13)6-4-9/h3-6,8,13H,7H2,1-2H3,(H,14,15). The second-order valence-electron chi connectivity index (χ2n) is 3.57. The van der Waals surface area contributed by atoms with Gasteiger partial charge in [0.2, 0.25) is 0 Å². The molecule has 0 aliphatic rings. The van der Waals surface area contributed by atoms with E-state index in [9.17, 15) is 4.79 Å². The normalized spacial score (nSPS) is 12.1. The molecule has 0 radical (unpaired) electrons. The fourth-order valence-corrected chi connectivity index (χ4v) is 1.33. The molecule has 0 aliphatic carbocycles. The van der Waals surface area contributed by atoms with E-state index in [1.165, 1.54) is 0 Å². The Balaban J connectivity index is 2.71. The summed E-state index contributed by atoms with van der Waals surface area (Å²) in [4.78, 5) is 12.4. The molecule has 0 heterocycles. The minimum absolute atomic E-state index is 0.0768. The predicted molar refractivity (Wildman–Crippen MR) is 58.2 cm³/mol. The lowest BCUT2D eigenvalue weighted by atomic mass is 10.2. The average Bonchev–Trinajstić information content (AvgIpc) is 2.17. The Bertz CT molecular complexity index is 334. The van der Waals surface area contributed by atoms with Crippen LogP contribution in [0.2, 0.25) is 0 Å². The van der Waals surface area contributed by atoms with Gasteiger partial charge in [-0.1, -0.05) is 0 Å². The molecule has 1 aromatic rings. The smallest absolute Gasteiger partial charge is 0.305 e. The van der Waals surface area contributed by atoms with Gasteiger partial charge in [0.25, 0.3) is 0 Å². The number of aromatic hydroxyl groups is 1. The maximum Gasteiger partial charge on any atom is 0.305 e. The third-order valence-corrected chi connectivity index (χ3v) is 2.39. The van der Waals surface area contributed by atoms with Gasteiger partial charge < -0.3 is 15.1 Å². The summed E-state index contributed by atoms with van der Waals surface area (Å²) in [7, 11) is 1.83. The van der Waals surface area contributed by atoms with E-state index in [1.807, 2.05) is 18.9 Å². The third kappa shape index (κ3) is 3.16. The van der Waals surface area contributed by atoms with Gasteiger partial charge in [-0.05, 0) is 31.2 Å². The summed E-state index contributed by atoms with van der Waals surface area (Å²) < 4.78 is 0. The van der Waals surface area contributed by atoms with Crippen LogP contribution in [0.15, 0.2) is 24.3 Å². The number of carboxylic acid groups (broad SMARTS) is 1. The lowest BCUT2D eigenvalue weighted by molar-refractivity contribution is -0.137. The number of phenolic OH excluding ortho intramolecular Hbond substituents is 1. The molecule has 0 fully saturated rings. The van der Waals surface area contributed by atoms with Gasteiger partial charge >= 0.3 is 5.97 Å². The molecule has 1 atom stereocenters. The van der Waals surface area contributed by atoms with Crippen molar-refractivity contribution in [1.82, 2.24) is 0 Å². The van der Waals surface area contributed by atoms with Crippen LogP contribution in [-0.4, -0.2) is 29.3 Å². The number of carbonyl (C=O) groups is 1. The predicted octanol–water partition coefficient (Wildman–Crippen LogP) is 1.69. The SMILES string of the molecule is CC(CC(=O)O)N(C)c1ccc(O)cc1. The number of aliphatic carboxylic acids is 1.